The van der Waals surface area contributed by atoms with Gasteiger partial charge in [0.25, 0.3) is 5.56 Å². The van der Waals surface area contributed by atoms with Crippen molar-refractivity contribution < 1.29 is 5.11 Å². The lowest BCUT2D eigenvalue weighted by molar-refractivity contribution is 0.190. The SMILES string of the molecule is CC(C)CNC(=S)NCC(O)CNc1n[nH]c(=O)c2ccccc12. The number of aliphatic hydroxyl groups excluding tert-OH is 1. The molecule has 0 radical (unpaired) electrons. The predicted molar refractivity (Wildman–Crippen MR) is 100 cm³/mol. The van der Waals surface area contributed by atoms with Gasteiger partial charge in [-0.25, -0.2) is 5.10 Å². The van der Waals surface area contributed by atoms with Gasteiger partial charge in [-0.1, -0.05) is 32.0 Å². The van der Waals surface area contributed by atoms with Gasteiger partial charge in [0.1, 0.15) is 0 Å². The highest BCUT2D eigenvalue weighted by Crippen LogP contribution is 2.16. The van der Waals surface area contributed by atoms with E-state index in [1.54, 1.807) is 12.1 Å². The highest BCUT2D eigenvalue weighted by atomic mass is 32.1. The number of aromatic nitrogens is 2. The first-order valence-electron chi connectivity index (χ1n) is 7.88. The molecule has 0 fully saturated rings. The number of benzene rings is 1. The number of aliphatic hydroxyl groups is 1. The third-order valence-corrected chi connectivity index (χ3v) is 3.66. The Labute approximate surface area is 145 Å². The van der Waals surface area contributed by atoms with Crippen molar-refractivity contribution in [3.05, 3.63) is 34.6 Å². The van der Waals surface area contributed by atoms with E-state index in [9.17, 15) is 9.90 Å². The molecule has 0 spiro atoms. The van der Waals surface area contributed by atoms with Crippen LogP contribution in [0.3, 0.4) is 0 Å². The van der Waals surface area contributed by atoms with E-state index in [4.69, 9.17) is 12.2 Å². The van der Waals surface area contributed by atoms with Gasteiger partial charge in [0.15, 0.2) is 10.9 Å². The largest absolute Gasteiger partial charge is 0.389 e. The van der Waals surface area contributed by atoms with Crippen molar-refractivity contribution in [2.45, 2.75) is 20.0 Å². The van der Waals surface area contributed by atoms with E-state index in [2.05, 4.69) is 40.0 Å². The van der Waals surface area contributed by atoms with E-state index in [0.717, 1.165) is 11.9 Å². The zero-order valence-electron chi connectivity index (χ0n) is 13.8. The summed E-state index contributed by atoms with van der Waals surface area (Å²) in [6, 6.07) is 7.18. The van der Waals surface area contributed by atoms with Crippen LogP contribution in [0.25, 0.3) is 10.8 Å². The van der Waals surface area contributed by atoms with E-state index >= 15 is 0 Å². The zero-order chi connectivity index (χ0) is 17.5. The summed E-state index contributed by atoms with van der Waals surface area (Å²) in [5.41, 5.74) is -0.236. The van der Waals surface area contributed by atoms with Gasteiger partial charge in [-0.15, -0.1) is 0 Å². The molecule has 0 aliphatic rings. The molecule has 130 valence electrons. The van der Waals surface area contributed by atoms with E-state index in [0.29, 0.717) is 28.8 Å². The first-order valence-corrected chi connectivity index (χ1v) is 8.29. The lowest BCUT2D eigenvalue weighted by Crippen LogP contribution is -2.42. The number of aromatic amines is 1. The summed E-state index contributed by atoms with van der Waals surface area (Å²) in [5, 5.41) is 27.4. The summed E-state index contributed by atoms with van der Waals surface area (Å²) >= 11 is 5.14. The van der Waals surface area contributed by atoms with Gasteiger partial charge in [-0.05, 0) is 24.2 Å². The molecule has 0 bridgehead atoms. The van der Waals surface area contributed by atoms with Crippen LogP contribution in [0, 0.1) is 5.92 Å². The number of anilines is 1. The molecule has 0 saturated carbocycles. The molecule has 0 aliphatic heterocycles. The molecule has 0 saturated heterocycles. The smallest absolute Gasteiger partial charge is 0.272 e. The quantitative estimate of drug-likeness (QED) is 0.472. The number of nitrogens with one attached hydrogen (secondary N) is 4. The van der Waals surface area contributed by atoms with Crippen LogP contribution in [-0.2, 0) is 0 Å². The number of hydrogen-bond acceptors (Lipinski definition) is 5. The summed E-state index contributed by atoms with van der Waals surface area (Å²) in [4.78, 5) is 11.7. The molecule has 1 unspecified atom stereocenters. The van der Waals surface area contributed by atoms with Crippen molar-refractivity contribution in [3.8, 4) is 0 Å². The van der Waals surface area contributed by atoms with Gasteiger partial charge in [0, 0.05) is 25.0 Å². The number of thiocarbonyl (C=S) groups is 1. The van der Waals surface area contributed by atoms with Crippen LogP contribution in [-0.4, -0.2) is 46.2 Å². The molecule has 24 heavy (non-hydrogen) atoms. The highest BCUT2D eigenvalue weighted by molar-refractivity contribution is 7.80. The molecule has 1 heterocycles. The molecule has 2 rings (SSSR count). The second kappa shape index (κ2) is 8.60. The number of nitrogens with zero attached hydrogens (tertiary/aromatic N) is 1. The Bertz CT molecular complexity index is 747. The van der Waals surface area contributed by atoms with Gasteiger partial charge in [0.05, 0.1) is 11.5 Å². The Morgan fingerprint density at radius 2 is 1.88 bits per heavy atom. The summed E-state index contributed by atoms with van der Waals surface area (Å²) in [5.74, 6) is 1.03. The molecule has 1 aromatic carbocycles. The second-order valence-electron chi connectivity index (χ2n) is 5.97. The number of H-pyrrole nitrogens is 1. The number of fused-ring (bicyclic) bond motifs is 1. The average Bonchev–Trinajstić information content (AvgIpc) is 2.57. The first-order chi connectivity index (χ1) is 11.5. The fourth-order valence-corrected chi connectivity index (χ4v) is 2.27. The number of rotatable bonds is 7. The summed E-state index contributed by atoms with van der Waals surface area (Å²) in [6.07, 6.45) is -0.656. The Morgan fingerprint density at radius 3 is 2.58 bits per heavy atom. The molecule has 1 atom stereocenters. The average molecular weight is 349 g/mol. The summed E-state index contributed by atoms with van der Waals surface area (Å²) in [7, 11) is 0. The van der Waals surface area contributed by atoms with Crippen molar-refractivity contribution in [1.29, 1.82) is 0 Å². The molecule has 1 aromatic heterocycles. The Kier molecular flexibility index (Phi) is 6.51. The van der Waals surface area contributed by atoms with Crippen molar-refractivity contribution in [3.63, 3.8) is 0 Å². The maximum atomic E-state index is 11.7. The van der Waals surface area contributed by atoms with E-state index < -0.39 is 6.10 Å². The number of hydrogen-bond donors (Lipinski definition) is 5. The van der Waals surface area contributed by atoms with E-state index in [1.165, 1.54) is 0 Å². The normalized spacial score (nSPS) is 12.2. The van der Waals surface area contributed by atoms with Crippen LogP contribution >= 0.6 is 12.2 Å². The molecular formula is C16H23N5O2S. The molecule has 7 nitrogen and oxygen atoms in total. The second-order valence-corrected chi connectivity index (χ2v) is 6.37. The maximum Gasteiger partial charge on any atom is 0.272 e. The van der Waals surface area contributed by atoms with Crippen molar-refractivity contribution >= 4 is 33.9 Å². The third kappa shape index (κ3) is 5.17. The maximum absolute atomic E-state index is 11.7. The lowest BCUT2D eigenvalue weighted by atomic mass is 10.2. The first kappa shape index (κ1) is 18.2. The van der Waals surface area contributed by atoms with Crippen LogP contribution in [0.1, 0.15) is 13.8 Å². The van der Waals surface area contributed by atoms with Gasteiger partial charge in [0.2, 0.25) is 0 Å². The minimum atomic E-state index is -0.656. The predicted octanol–water partition coefficient (Wildman–Crippen LogP) is 0.816. The van der Waals surface area contributed by atoms with E-state index in [1.807, 2.05) is 12.1 Å². The van der Waals surface area contributed by atoms with Crippen LogP contribution in [0.5, 0.6) is 0 Å². The van der Waals surface area contributed by atoms with Crippen molar-refractivity contribution in [1.82, 2.24) is 20.8 Å². The highest BCUT2D eigenvalue weighted by Gasteiger charge is 2.09. The molecule has 2 aromatic rings. The van der Waals surface area contributed by atoms with Crippen molar-refractivity contribution in [2.24, 2.45) is 5.92 Å². The minimum Gasteiger partial charge on any atom is -0.389 e. The van der Waals surface area contributed by atoms with Crippen molar-refractivity contribution in [2.75, 3.05) is 25.0 Å². The Hall–Kier alpha value is -2.19. The van der Waals surface area contributed by atoms with Gasteiger partial charge in [-0.2, -0.15) is 5.10 Å². The van der Waals surface area contributed by atoms with Gasteiger partial charge in [-0.3, -0.25) is 4.79 Å². The molecule has 5 N–H and O–H groups in total. The molecule has 8 heteroatoms. The molecule has 0 amide bonds. The Balaban J connectivity index is 1.86. The van der Waals surface area contributed by atoms with Crippen LogP contribution in [0.15, 0.2) is 29.1 Å². The van der Waals surface area contributed by atoms with Crippen LogP contribution < -0.4 is 21.5 Å². The van der Waals surface area contributed by atoms with E-state index in [-0.39, 0.29) is 12.1 Å². The summed E-state index contributed by atoms with van der Waals surface area (Å²) in [6.45, 7) is 5.57. The van der Waals surface area contributed by atoms with Crippen LogP contribution in [0.2, 0.25) is 0 Å². The Morgan fingerprint density at radius 1 is 1.21 bits per heavy atom. The minimum absolute atomic E-state index is 0.236. The molecule has 0 aliphatic carbocycles. The van der Waals surface area contributed by atoms with Gasteiger partial charge < -0.3 is 21.1 Å². The fourth-order valence-electron chi connectivity index (χ4n) is 2.11. The van der Waals surface area contributed by atoms with Gasteiger partial charge >= 0.3 is 0 Å². The fraction of sp³-hybridized carbons (Fsp3) is 0.438. The third-order valence-electron chi connectivity index (χ3n) is 3.37. The summed E-state index contributed by atoms with van der Waals surface area (Å²) < 4.78 is 0. The molecular weight excluding hydrogens is 326 g/mol. The van der Waals surface area contributed by atoms with Crippen LogP contribution in [0.4, 0.5) is 5.82 Å². The lowest BCUT2D eigenvalue weighted by Gasteiger charge is -2.16. The zero-order valence-corrected chi connectivity index (χ0v) is 14.6. The standard InChI is InChI=1S/C16H23N5O2S/c1-10(2)7-18-16(24)19-9-11(22)8-17-14-12-5-3-4-6-13(12)15(23)21-20-14/h3-6,10-11,22H,7-9H2,1-2H3,(H,17,20)(H,21,23)(H2,18,19,24). The monoisotopic (exact) mass is 349 g/mol. The topological polar surface area (TPSA) is 102 Å².